The molecule has 1 aromatic rings. The van der Waals surface area contributed by atoms with Gasteiger partial charge in [-0.05, 0) is 26.5 Å². The zero-order chi connectivity index (χ0) is 15.8. The fraction of sp³-hybridized carbons (Fsp3) is 0.571. The van der Waals surface area contributed by atoms with Crippen molar-refractivity contribution in [3.05, 3.63) is 28.2 Å². The predicted molar refractivity (Wildman–Crippen MR) is 92.4 cm³/mol. The summed E-state index contributed by atoms with van der Waals surface area (Å²) >= 11 is 0. The Labute approximate surface area is 135 Å². The van der Waals surface area contributed by atoms with Crippen molar-refractivity contribution in [1.82, 2.24) is 15.0 Å². The zero-order valence-electron chi connectivity index (χ0n) is 13.3. The van der Waals surface area contributed by atoms with Gasteiger partial charge in [0.1, 0.15) is 11.6 Å². The molecule has 0 radical (unpaired) electrons. The van der Waals surface area contributed by atoms with Gasteiger partial charge in [0, 0.05) is 22.4 Å². The first-order chi connectivity index (χ1) is 10.0. The van der Waals surface area contributed by atoms with Gasteiger partial charge in [0.2, 0.25) is 0 Å². The van der Waals surface area contributed by atoms with Crippen molar-refractivity contribution in [2.24, 2.45) is 0 Å². The molecule has 0 saturated carbocycles. The Morgan fingerprint density at radius 2 is 2.19 bits per heavy atom. The van der Waals surface area contributed by atoms with E-state index in [9.17, 15) is 0 Å². The minimum atomic E-state index is 0.506. The van der Waals surface area contributed by atoms with Crippen molar-refractivity contribution in [2.75, 3.05) is 19.1 Å². The molecule has 1 aromatic heterocycles. The summed E-state index contributed by atoms with van der Waals surface area (Å²) in [6, 6.07) is 0. The van der Waals surface area contributed by atoms with Crippen molar-refractivity contribution in [3.63, 3.8) is 0 Å². The molecular weight excluding hydrogens is 304 g/mol. The number of hydrogen-bond donors (Lipinski definition) is 1. The van der Waals surface area contributed by atoms with Gasteiger partial charge in [0.25, 0.3) is 0 Å². The summed E-state index contributed by atoms with van der Waals surface area (Å²) in [4.78, 5) is 15.2. The summed E-state index contributed by atoms with van der Waals surface area (Å²) in [5.74, 6) is 1.18. The molecule has 0 aliphatic carbocycles. The molecule has 1 rings (SSSR count). The topological polar surface area (TPSA) is 64.3 Å². The molecule has 118 valence electrons. The average Bonchev–Trinajstić information content (AvgIpc) is 2.45. The molecule has 21 heavy (non-hydrogen) atoms. The Balaban J connectivity index is 2.97. The predicted octanol–water partition coefficient (Wildman–Crippen LogP) is 3.77. The Bertz CT molecular complexity index is 486. The molecule has 0 fully saturated rings. The lowest BCUT2D eigenvalue weighted by Crippen LogP contribution is -2.22. The number of hydroxylamine groups is 2. The van der Waals surface area contributed by atoms with Gasteiger partial charge in [0.05, 0.1) is 13.7 Å². The summed E-state index contributed by atoms with van der Waals surface area (Å²) in [7, 11) is 5.20. The zero-order valence-corrected chi connectivity index (χ0v) is 15.0. The van der Waals surface area contributed by atoms with E-state index < -0.39 is 0 Å². The van der Waals surface area contributed by atoms with Gasteiger partial charge in [-0.1, -0.05) is 34.9 Å². The van der Waals surface area contributed by atoms with Crippen LogP contribution in [0.25, 0.3) is 0 Å². The molecule has 0 unspecified atom stereocenters. The van der Waals surface area contributed by atoms with Crippen molar-refractivity contribution in [3.8, 4) is 0 Å². The first-order valence-electron chi connectivity index (χ1n) is 6.83. The molecule has 0 atom stereocenters. The number of nitrogens with zero attached hydrogens (tertiary/aromatic N) is 3. The molecule has 0 aliphatic rings. The SMILES string of the molecule is CCC/C(SSC)=C(\C)N(Cc1cnc(C)nc1N)OC. The number of allylic oxidation sites excluding steroid dienone is 2. The van der Waals surface area contributed by atoms with Crippen molar-refractivity contribution < 1.29 is 4.84 Å². The van der Waals surface area contributed by atoms with Crippen LogP contribution in [0.2, 0.25) is 0 Å². The van der Waals surface area contributed by atoms with Gasteiger partial charge in [0.15, 0.2) is 0 Å². The van der Waals surface area contributed by atoms with E-state index in [1.54, 1.807) is 34.9 Å². The van der Waals surface area contributed by atoms with E-state index in [0.717, 1.165) is 24.1 Å². The molecule has 0 aliphatic heterocycles. The fourth-order valence-electron chi connectivity index (χ4n) is 1.86. The summed E-state index contributed by atoms with van der Waals surface area (Å²) in [6.45, 7) is 6.62. The lowest BCUT2D eigenvalue weighted by Gasteiger charge is -2.25. The largest absolute Gasteiger partial charge is 0.383 e. The van der Waals surface area contributed by atoms with Crippen LogP contribution in [0, 0.1) is 6.92 Å². The van der Waals surface area contributed by atoms with E-state index >= 15 is 0 Å². The highest BCUT2D eigenvalue weighted by Gasteiger charge is 2.14. The van der Waals surface area contributed by atoms with Crippen LogP contribution in [-0.2, 0) is 11.4 Å². The summed E-state index contributed by atoms with van der Waals surface area (Å²) in [5.41, 5.74) is 7.94. The van der Waals surface area contributed by atoms with Crippen LogP contribution in [0.3, 0.4) is 0 Å². The van der Waals surface area contributed by atoms with Crippen molar-refractivity contribution >= 4 is 27.4 Å². The lowest BCUT2D eigenvalue weighted by atomic mass is 10.2. The van der Waals surface area contributed by atoms with E-state index in [2.05, 4.69) is 30.1 Å². The van der Waals surface area contributed by atoms with Crippen LogP contribution in [0.15, 0.2) is 16.8 Å². The van der Waals surface area contributed by atoms with Crippen LogP contribution < -0.4 is 5.73 Å². The number of hydrogen-bond acceptors (Lipinski definition) is 7. The molecule has 0 saturated heterocycles. The van der Waals surface area contributed by atoms with Crippen LogP contribution in [-0.4, -0.2) is 28.4 Å². The average molecular weight is 329 g/mol. The van der Waals surface area contributed by atoms with E-state index in [4.69, 9.17) is 10.6 Å². The second-order valence-electron chi connectivity index (χ2n) is 4.56. The monoisotopic (exact) mass is 328 g/mol. The standard InChI is InChI=1S/C14H24N4OS2/c1-6-7-13(21-20-5)10(2)18(19-4)9-12-8-16-11(3)17-14(12)15/h8H,6-7,9H2,1-5H3,(H2,15,16,17)/b13-10-. The van der Waals surface area contributed by atoms with Crippen LogP contribution in [0.1, 0.15) is 38.1 Å². The molecule has 5 nitrogen and oxygen atoms in total. The Morgan fingerprint density at radius 3 is 2.71 bits per heavy atom. The number of anilines is 1. The highest BCUT2D eigenvalue weighted by atomic mass is 33.1. The maximum absolute atomic E-state index is 5.96. The minimum absolute atomic E-state index is 0.506. The van der Waals surface area contributed by atoms with E-state index in [-0.39, 0.29) is 0 Å². The van der Waals surface area contributed by atoms with Gasteiger partial charge < -0.3 is 5.73 Å². The Hall–Kier alpha value is -0.920. The Kier molecular flexibility index (Phi) is 7.92. The molecule has 0 aromatic carbocycles. The number of nitrogens with two attached hydrogens (primary N) is 1. The molecule has 1 heterocycles. The number of nitrogen functional groups attached to an aromatic ring is 1. The quantitative estimate of drug-likeness (QED) is 0.575. The van der Waals surface area contributed by atoms with Crippen molar-refractivity contribution in [2.45, 2.75) is 40.2 Å². The van der Waals surface area contributed by atoms with Crippen molar-refractivity contribution in [1.29, 1.82) is 0 Å². The normalized spacial score (nSPS) is 12.2. The molecule has 0 amide bonds. The third kappa shape index (κ3) is 5.41. The highest BCUT2D eigenvalue weighted by molar-refractivity contribution is 8.77. The molecule has 0 spiro atoms. The summed E-state index contributed by atoms with van der Waals surface area (Å²) < 4.78 is 0. The smallest absolute Gasteiger partial charge is 0.132 e. The molecule has 0 bridgehead atoms. The van der Waals surface area contributed by atoms with Gasteiger partial charge >= 0.3 is 0 Å². The van der Waals surface area contributed by atoms with Gasteiger partial charge in [-0.25, -0.2) is 9.97 Å². The first-order valence-corrected chi connectivity index (χ1v) is 9.39. The summed E-state index contributed by atoms with van der Waals surface area (Å²) in [5, 5.41) is 1.85. The Morgan fingerprint density at radius 1 is 1.48 bits per heavy atom. The van der Waals surface area contributed by atoms with Gasteiger partial charge in [-0.15, -0.1) is 0 Å². The number of aryl methyl sites for hydroxylation is 1. The van der Waals surface area contributed by atoms with Crippen LogP contribution >= 0.6 is 21.6 Å². The molecule has 2 N–H and O–H groups in total. The van der Waals surface area contributed by atoms with Crippen LogP contribution in [0.5, 0.6) is 0 Å². The highest BCUT2D eigenvalue weighted by Crippen LogP contribution is 2.34. The maximum atomic E-state index is 5.96. The second kappa shape index (κ2) is 9.17. The number of rotatable bonds is 8. The lowest BCUT2D eigenvalue weighted by molar-refractivity contribution is -0.108. The third-order valence-electron chi connectivity index (χ3n) is 2.99. The van der Waals surface area contributed by atoms with E-state index in [1.807, 2.05) is 12.0 Å². The minimum Gasteiger partial charge on any atom is -0.383 e. The van der Waals surface area contributed by atoms with Gasteiger partial charge in [-0.3, -0.25) is 9.90 Å². The van der Waals surface area contributed by atoms with Crippen LogP contribution in [0.4, 0.5) is 5.82 Å². The summed E-state index contributed by atoms with van der Waals surface area (Å²) in [6.07, 6.45) is 5.99. The van der Waals surface area contributed by atoms with E-state index in [0.29, 0.717) is 18.2 Å². The number of aromatic nitrogens is 2. The van der Waals surface area contributed by atoms with E-state index in [1.165, 1.54) is 4.91 Å². The molecule has 7 heteroatoms. The second-order valence-corrected chi connectivity index (χ2v) is 7.05. The van der Waals surface area contributed by atoms with Gasteiger partial charge in [-0.2, -0.15) is 0 Å². The third-order valence-corrected chi connectivity index (χ3v) is 4.96. The first kappa shape index (κ1) is 18.1. The maximum Gasteiger partial charge on any atom is 0.132 e. The molecular formula is C14H24N4OS2. The fourth-order valence-corrected chi connectivity index (χ4v) is 3.79.